The first-order valence-corrected chi connectivity index (χ1v) is 8.25. The van der Waals surface area contributed by atoms with Gasteiger partial charge in [0.25, 0.3) is 5.91 Å². The lowest BCUT2D eigenvalue weighted by molar-refractivity contribution is 0.102. The molecular formula is C20H14N6O. The number of nitriles is 1. The maximum atomic E-state index is 12.3. The Kier molecular flexibility index (Phi) is 4.07. The normalized spacial score (nSPS) is 10.5. The van der Waals surface area contributed by atoms with Crippen LogP contribution in [-0.4, -0.2) is 25.7 Å². The van der Waals surface area contributed by atoms with Crippen molar-refractivity contribution in [3.05, 3.63) is 77.6 Å². The molecule has 0 atom stereocenters. The molecule has 0 unspecified atom stereocenters. The van der Waals surface area contributed by atoms with E-state index in [4.69, 9.17) is 5.26 Å². The molecule has 1 amide bonds. The third kappa shape index (κ3) is 3.24. The minimum atomic E-state index is -0.230. The van der Waals surface area contributed by atoms with Crippen molar-refractivity contribution in [3.8, 4) is 17.3 Å². The summed E-state index contributed by atoms with van der Waals surface area (Å²) in [5, 5.41) is 24.2. The Labute approximate surface area is 154 Å². The van der Waals surface area contributed by atoms with Crippen molar-refractivity contribution < 1.29 is 4.79 Å². The first-order chi connectivity index (χ1) is 13.1. The average molecular weight is 354 g/mol. The highest BCUT2D eigenvalue weighted by Gasteiger charge is 2.08. The molecule has 2 aromatic carbocycles. The molecule has 7 nitrogen and oxygen atoms in total. The molecule has 4 aromatic rings. The van der Waals surface area contributed by atoms with Crippen molar-refractivity contribution in [2.45, 2.75) is 6.92 Å². The van der Waals surface area contributed by atoms with E-state index in [0.29, 0.717) is 22.5 Å². The van der Waals surface area contributed by atoms with Crippen molar-refractivity contribution >= 4 is 17.2 Å². The molecule has 0 aliphatic carbocycles. The summed E-state index contributed by atoms with van der Waals surface area (Å²) in [5.41, 5.74) is 4.09. The number of anilines is 1. The predicted molar refractivity (Wildman–Crippen MR) is 100 cm³/mol. The Hall–Kier alpha value is -4.05. The monoisotopic (exact) mass is 354 g/mol. The molecule has 0 spiro atoms. The van der Waals surface area contributed by atoms with Crippen molar-refractivity contribution in [3.63, 3.8) is 0 Å². The highest BCUT2D eigenvalue weighted by molar-refractivity contribution is 6.04. The van der Waals surface area contributed by atoms with Gasteiger partial charge >= 0.3 is 0 Å². The van der Waals surface area contributed by atoms with Crippen LogP contribution in [0.1, 0.15) is 21.7 Å². The molecule has 27 heavy (non-hydrogen) atoms. The largest absolute Gasteiger partial charge is 0.322 e. The number of nitrogens with one attached hydrogen (secondary N) is 1. The SMILES string of the molecule is Cc1nnc2ccc(-c3ccc(NC(=O)c4ccc(C#N)cc4)cc3)nn12. The lowest BCUT2D eigenvalue weighted by atomic mass is 10.1. The van der Waals surface area contributed by atoms with Crippen molar-refractivity contribution in [2.75, 3.05) is 5.32 Å². The molecular weight excluding hydrogens is 340 g/mol. The van der Waals surface area contributed by atoms with Gasteiger partial charge in [-0.3, -0.25) is 4.79 Å². The van der Waals surface area contributed by atoms with Gasteiger partial charge in [0.05, 0.1) is 17.3 Å². The second-order valence-corrected chi connectivity index (χ2v) is 5.96. The molecule has 0 aliphatic heterocycles. The van der Waals surface area contributed by atoms with Crippen LogP contribution < -0.4 is 5.32 Å². The Morgan fingerprint density at radius 1 is 1.00 bits per heavy atom. The number of carbonyl (C=O) groups excluding carboxylic acids is 1. The third-order valence-corrected chi connectivity index (χ3v) is 4.13. The molecule has 0 fully saturated rings. The number of benzene rings is 2. The zero-order valence-electron chi connectivity index (χ0n) is 14.4. The van der Waals surface area contributed by atoms with Gasteiger partial charge in [-0.2, -0.15) is 14.9 Å². The second kappa shape index (κ2) is 6.69. The zero-order chi connectivity index (χ0) is 18.8. The van der Waals surface area contributed by atoms with Crippen molar-refractivity contribution in [2.24, 2.45) is 0 Å². The van der Waals surface area contributed by atoms with Gasteiger partial charge in [0.1, 0.15) is 0 Å². The lowest BCUT2D eigenvalue weighted by Crippen LogP contribution is -2.11. The molecule has 2 heterocycles. The van der Waals surface area contributed by atoms with Gasteiger partial charge in [-0.05, 0) is 55.5 Å². The topological polar surface area (TPSA) is 96.0 Å². The van der Waals surface area contributed by atoms with E-state index in [1.54, 1.807) is 28.8 Å². The highest BCUT2D eigenvalue weighted by atomic mass is 16.1. The average Bonchev–Trinajstić information content (AvgIpc) is 3.09. The number of hydrogen-bond donors (Lipinski definition) is 1. The van der Waals surface area contributed by atoms with Crippen LogP contribution in [0.4, 0.5) is 5.69 Å². The van der Waals surface area contributed by atoms with Gasteiger partial charge < -0.3 is 5.32 Å². The number of carbonyl (C=O) groups is 1. The predicted octanol–water partition coefficient (Wildman–Crippen LogP) is 3.22. The Bertz CT molecular complexity index is 1170. The number of amides is 1. The van der Waals surface area contributed by atoms with Gasteiger partial charge in [0.2, 0.25) is 0 Å². The molecule has 7 heteroatoms. The molecule has 4 rings (SSSR count). The summed E-state index contributed by atoms with van der Waals surface area (Å²) in [5.74, 6) is 0.491. The summed E-state index contributed by atoms with van der Waals surface area (Å²) in [6.45, 7) is 1.85. The summed E-state index contributed by atoms with van der Waals surface area (Å²) >= 11 is 0. The van der Waals surface area contributed by atoms with E-state index in [9.17, 15) is 4.79 Å². The van der Waals surface area contributed by atoms with Crippen LogP contribution in [0.15, 0.2) is 60.7 Å². The van der Waals surface area contributed by atoms with Gasteiger partial charge in [-0.1, -0.05) is 12.1 Å². The van der Waals surface area contributed by atoms with Crippen LogP contribution >= 0.6 is 0 Å². The van der Waals surface area contributed by atoms with Crippen molar-refractivity contribution in [1.82, 2.24) is 19.8 Å². The fourth-order valence-corrected chi connectivity index (χ4v) is 2.67. The first-order valence-electron chi connectivity index (χ1n) is 8.25. The van der Waals surface area contributed by atoms with E-state index in [1.165, 1.54) is 0 Å². The first kappa shape index (κ1) is 16.4. The molecule has 1 N–H and O–H groups in total. The maximum absolute atomic E-state index is 12.3. The van der Waals surface area contributed by atoms with Gasteiger partial charge in [0.15, 0.2) is 11.5 Å². The molecule has 130 valence electrons. The quantitative estimate of drug-likeness (QED) is 0.609. The number of hydrogen-bond acceptors (Lipinski definition) is 5. The van der Waals surface area contributed by atoms with Crippen LogP contribution in [0.5, 0.6) is 0 Å². The van der Waals surface area contributed by atoms with E-state index in [2.05, 4.69) is 20.6 Å². The molecule has 0 saturated heterocycles. The third-order valence-electron chi connectivity index (χ3n) is 4.13. The van der Waals surface area contributed by atoms with Crippen LogP contribution in [-0.2, 0) is 0 Å². The molecule has 0 saturated carbocycles. The number of aromatic nitrogens is 4. The number of aryl methyl sites for hydroxylation is 1. The number of rotatable bonds is 3. The standard InChI is InChI=1S/C20H14N6O/c1-13-23-24-19-11-10-18(25-26(13)19)15-6-8-17(9-7-15)22-20(27)16-4-2-14(12-21)3-5-16/h2-11H,1H3,(H,22,27). The van der Waals surface area contributed by atoms with E-state index in [1.807, 2.05) is 49.4 Å². The zero-order valence-corrected chi connectivity index (χ0v) is 14.4. The maximum Gasteiger partial charge on any atom is 0.255 e. The second-order valence-electron chi connectivity index (χ2n) is 5.96. The van der Waals surface area contributed by atoms with E-state index >= 15 is 0 Å². The van der Waals surface area contributed by atoms with Crippen LogP contribution in [0.2, 0.25) is 0 Å². The fourth-order valence-electron chi connectivity index (χ4n) is 2.67. The van der Waals surface area contributed by atoms with Gasteiger partial charge in [-0.25, -0.2) is 0 Å². The fraction of sp³-hybridized carbons (Fsp3) is 0.0500. The minimum Gasteiger partial charge on any atom is -0.322 e. The Morgan fingerprint density at radius 2 is 1.74 bits per heavy atom. The molecule has 0 aliphatic rings. The molecule has 2 aromatic heterocycles. The molecule has 0 radical (unpaired) electrons. The highest BCUT2D eigenvalue weighted by Crippen LogP contribution is 2.20. The summed E-state index contributed by atoms with van der Waals surface area (Å²) in [6, 6.07) is 19.7. The van der Waals surface area contributed by atoms with Crippen molar-refractivity contribution in [1.29, 1.82) is 5.26 Å². The Balaban J connectivity index is 1.53. The van der Waals surface area contributed by atoms with Crippen LogP contribution in [0.3, 0.4) is 0 Å². The van der Waals surface area contributed by atoms with E-state index in [0.717, 1.165) is 17.1 Å². The summed E-state index contributed by atoms with van der Waals surface area (Å²) in [6.07, 6.45) is 0. The smallest absolute Gasteiger partial charge is 0.255 e. The minimum absolute atomic E-state index is 0.230. The van der Waals surface area contributed by atoms with Gasteiger partial charge in [0, 0.05) is 16.8 Å². The summed E-state index contributed by atoms with van der Waals surface area (Å²) in [7, 11) is 0. The van der Waals surface area contributed by atoms with E-state index in [-0.39, 0.29) is 5.91 Å². The number of fused-ring (bicyclic) bond motifs is 1. The van der Waals surface area contributed by atoms with Gasteiger partial charge in [-0.15, -0.1) is 10.2 Å². The summed E-state index contributed by atoms with van der Waals surface area (Å²) in [4.78, 5) is 12.3. The Morgan fingerprint density at radius 3 is 2.44 bits per heavy atom. The summed E-state index contributed by atoms with van der Waals surface area (Å²) < 4.78 is 1.69. The molecule has 0 bridgehead atoms. The van der Waals surface area contributed by atoms with Crippen LogP contribution in [0.25, 0.3) is 16.9 Å². The lowest BCUT2D eigenvalue weighted by Gasteiger charge is -2.07. The van der Waals surface area contributed by atoms with Crippen LogP contribution in [0, 0.1) is 18.3 Å². The number of nitrogens with zero attached hydrogens (tertiary/aromatic N) is 5. The van der Waals surface area contributed by atoms with E-state index < -0.39 is 0 Å².